The van der Waals surface area contributed by atoms with Crippen LogP contribution in [0, 0.1) is 0 Å². The summed E-state index contributed by atoms with van der Waals surface area (Å²) in [6, 6.07) is 14.8. The van der Waals surface area contributed by atoms with Gasteiger partial charge in [0.1, 0.15) is 11.3 Å². The molecular weight excluding hydrogens is 344 g/mol. The lowest BCUT2D eigenvalue weighted by Gasteiger charge is -2.16. The second-order valence-electron chi connectivity index (χ2n) is 5.16. The zero-order valence-electron chi connectivity index (χ0n) is 12.0. The minimum absolute atomic E-state index is 0.0154. The van der Waals surface area contributed by atoms with E-state index in [9.17, 15) is 9.90 Å². The molecule has 112 valence electrons. The van der Waals surface area contributed by atoms with Gasteiger partial charge in [0, 0.05) is 10.4 Å². The molecule has 1 aromatic heterocycles. The lowest BCUT2D eigenvalue weighted by Crippen LogP contribution is -2.13. The molecule has 0 bridgehead atoms. The first-order chi connectivity index (χ1) is 10.6. The van der Waals surface area contributed by atoms with Gasteiger partial charge in [-0.15, -0.1) is 0 Å². The van der Waals surface area contributed by atoms with Crippen molar-refractivity contribution in [3.63, 3.8) is 0 Å². The molecular formula is C18H15BrO3. The molecule has 0 spiro atoms. The van der Waals surface area contributed by atoms with E-state index in [0.29, 0.717) is 23.0 Å². The molecule has 3 aromatic rings. The second-order valence-corrected chi connectivity index (χ2v) is 6.08. The fourth-order valence-electron chi connectivity index (χ4n) is 2.76. The minimum atomic E-state index is -0.481. The van der Waals surface area contributed by atoms with Gasteiger partial charge in [-0.3, -0.25) is 0 Å². The molecule has 0 saturated carbocycles. The van der Waals surface area contributed by atoms with Crippen LogP contribution in [0.1, 0.15) is 30.4 Å². The van der Waals surface area contributed by atoms with E-state index in [0.717, 1.165) is 10.0 Å². The van der Waals surface area contributed by atoms with Crippen molar-refractivity contribution < 1.29 is 9.52 Å². The van der Waals surface area contributed by atoms with Crippen LogP contribution >= 0.6 is 15.9 Å². The van der Waals surface area contributed by atoms with Gasteiger partial charge < -0.3 is 9.52 Å². The number of rotatable bonds is 3. The number of hydrogen-bond acceptors (Lipinski definition) is 3. The summed E-state index contributed by atoms with van der Waals surface area (Å²) in [7, 11) is 0. The van der Waals surface area contributed by atoms with E-state index in [1.54, 1.807) is 18.2 Å². The molecule has 1 heterocycles. The molecule has 1 unspecified atom stereocenters. The molecule has 1 N–H and O–H groups in total. The number of aromatic hydroxyl groups is 1. The molecule has 1 atom stereocenters. The molecule has 0 amide bonds. The SMILES string of the molecule is CCC(c1ccc(Br)cc1)c1c(O)c2ccccc2oc1=O. The van der Waals surface area contributed by atoms with E-state index in [1.165, 1.54) is 0 Å². The van der Waals surface area contributed by atoms with Gasteiger partial charge in [-0.2, -0.15) is 0 Å². The lowest BCUT2D eigenvalue weighted by molar-refractivity contribution is 0.450. The predicted octanol–water partition coefficient (Wildman–Crippen LogP) is 4.80. The number of benzene rings is 2. The second kappa shape index (κ2) is 5.97. The van der Waals surface area contributed by atoms with E-state index in [4.69, 9.17) is 4.42 Å². The Kier molecular flexibility index (Phi) is 4.03. The quantitative estimate of drug-likeness (QED) is 0.684. The van der Waals surface area contributed by atoms with Crippen molar-refractivity contribution in [2.24, 2.45) is 0 Å². The maximum absolute atomic E-state index is 12.4. The molecule has 0 radical (unpaired) electrons. The summed E-state index contributed by atoms with van der Waals surface area (Å²) >= 11 is 3.40. The Bertz CT molecular complexity index is 866. The lowest BCUT2D eigenvalue weighted by atomic mass is 9.89. The Morgan fingerprint density at radius 2 is 1.82 bits per heavy atom. The van der Waals surface area contributed by atoms with Crippen molar-refractivity contribution in [1.82, 2.24) is 0 Å². The summed E-state index contributed by atoms with van der Waals surface area (Å²) in [6.45, 7) is 1.99. The van der Waals surface area contributed by atoms with Crippen LogP contribution in [0.4, 0.5) is 0 Å². The maximum Gasteiger partial charge on any atom is 0.343 e. The van der Waals surface area contributed by atoms with Crippen LogP contribution in [0.5, 0.6) is 5.75 Å². The summed E-state index contributed by atoms with van der Waals surface area (Å²) in [5.41, 5.74) is 1.22. The van der Waals surface area contributed by atoms with Gasteiger partial charge in [0.25, 0.3) is 0 Å². The van der Waals surface area contributed by atoms with Crippen LogP contribution in [0.3, 0.4) is 0 Å². The third-order valence-electron chi connectivity index (χ3n) is 3.85. The van der Waals surface area contributed by atoms with E-state index in [1.807, 2.05) is 37.3 Å². The monoisotopic (exact) mass is 358 g/mol. The Morgan fingerprint density at radius 1 is 1.14 bits per heavy atom. The van der Waals surface area contributed by atoms with Crippen molar-refractivity contribution in [2.75, 3.05) is 0 Å². The molecule has 3 rings (SSSR count). The van der Waals surface area contributed by atoms with Gasteiger partial charge in [-0.05, 0) is 36.2 Å². The van der Waals surface area contributed by atoms with Gasteiger partial charge in [-0.25, -0.2) is 4.79 Å². The first kappa shape index (κ1) is 14.9. The van der Waals surface area contributed by atoms with Crippen LogP contribution in [-0.2, 0) is 0 Å². The van der Waals surface area contributed by atoms with Crippen molar-refractivity contribution in [3.05, 3.63) is 74.6 Å². The molecule has 22 heavy (non-hydrogen) atoms. The molecule has 2 aromatic carbocycles. The molecule has 0 aliphatic carbocycles. The van der Waals surface area contributed by atoms with Crippen molar-refractivity contribution in [3.8, 4) is 5.75 Å². The fraction of sp³-hybridized carbons (Fsp3) is 0.167. The average molecular weight is 359 g/mol. The average Bonchev–Trinajstić information content (AvgIpc) is 2.52. The zero-order chi connectivity index (χ0) is 15.7. The van der Waals surface area contributed by atoms with E-state index in [-0.39, 0.29) is 11.7 Å². The molecule has 0 fully saturated rings. The van der Waals surface area contributed by atoms with Crippen LogP contribution in [-0.4, -0.2) is 5.11 Å². The van der Waals surface area contributed by atoms with Crippen LogP contribution in [0.15, 0.2) is 62.2 Å². The van der Waals surface area contributed by atoms with Crippen LogP contribution in [0.2, 0.25) is 0 Å². The molecule has 4 heteroatoms. The highest BCUT2D eigenvalue weighted by Gasteiger charge is 2.23. The zero-order valence-corrected chi connectivity index (χ0v) is 13.6. The van der Waals surface area contributed by atoms with E-state index in [2.05, 4.69) is 15.9 Å². The van der Waals surface area contributed by atoms with Crippen LogP contribution in [0.25, 0.3) is 11.0 Å². The highest BCUT2D eigenvalue weighted by molar-refractivity contribution is 9.10. The topological polar surface area (TPSA) is 50.4 Å². The van der Waals surface area contributed by atoms with Gasteiger partial charge >= 0.3 is 5.63 Å². The largest absolute Gasteiger partial charge is 0.507 e. The predicted molar refractivity (Wildman–Crippen MR) is 90.4 cm³/mol. The Hall–Kier alpha value is -2.07. The van der Waals surface area contributed by atoms with Gasteiger partial charge in [0.2, 0.25) is 0 Å². The fourth-order valence-corrected chi connectivity index (χ4v) is 3.02. The van der Waals surface area contributed by atoms with Crippen molar-refractivity contribution in [1.29, 1.82) is 0 Å². The summed E-state index contributed by atoms with van der Waals surface area (Å²) in [5, 5.41) is 11.1. The Balaban J connectivity index is 2.23. The van der Waals surface area contributed by atoms with E-state index >= 15 is 0 Å². The number of fused-ring (bicyclic) bond motifs is 1. The Labute approximate surface area is 136 Å². The minimum Gasteiger partial charge on any atom is -0.507 e. The smallest absolute Gasteiger partial charge is 0.343 e. The molecule has 0 aliphatic rings. The summed E-state index contributed by atoms with van der Waals surface area (Å²) in [6.07, 6.45) is 0.693. The number of para-hydroxylation sites is 1. The summed E-state index contributed by atoms with van der Waals surface area (Å²) in [4.78, 5) is 12.4. The van der Waals surface area contributed by atoms with E-state index < -0.39 is 5.63 Å². The normalized spacial score (nSPS) is 12.5. The Morgan fingerprint density at radius 3 is 2.50 bits per heavy atom. The summed E-state index contributed by atoms with van der Waals surface area (Å²) in [5.74, 6) is -0.185. The number of hydrogen-bond donors (Lipinski definition) is 1. The first-order valence-corrected chi connectivity index (χ1v) is 7.91. The number of halogens is 1. The molecule has 3 nitrogen and oxygen atoms in total. The molecule has 0 aliphatic heterocycles. The van der Waals surface area contributed by atoms with Crippen molar-refractivity contribution in [2.45, 2.75) is 19.3 Å². The highest BCUT2D eigenvalue weighted by Crippen LogP contribution is 2.36. The molecule has 0 saturated heterocycles. The van der Waals surface area contributed by atoms with Crippen LogP contribution < -0.4 is 5.63 Å². The third-order valence-corrected chi connectivity index (χ3v) is 4.38. The standard InChI is InChI=1S/C18H15BrO3/c1-2-13(11-7-9-12(19)10-8-11)16-17(20)14-5-3-4-6-15(14)22-18(16)21/h3-10,13,20H,2H2,1H3. The maximum atomic E-state index is 12.4. The third kappa shape index (κ3) is 2.55. The highest BCUT2D eigenvalue weighted by atomic mass is 79.9. The van der Waals surface area contributed by atoms with Gasteiger partial charge in [-0.1, -0.05) is 47.1 Å². The van der Waals surface area contributed by atoms with Gasteiger partial charge in [0.05, 0.1) is 10.9 Å². The van der Waals surface area contributed by atoms with Crippen molar-refractivity contribution >= 4 is 26.9 Å². The first-order valence-electron chi connectivity index (χ1n) is 7.12. The van der Waals surface area contributed by atoms with Gasteiger partial charge in [0.15, 0.2) is 0 Å². The summed E-state index contributed by atoms with van der Waals surface area (Å²) < 4.78 is 6.35.